The van der Waals surface area contributed by atoms with Crippen molar-refractivity contribution < 1.29 is 8.78 Å². The van der Waals surface area contributed by atoms with Gasteiger partial charge in [-0.1, -0.05) is 11.8 Å². The minimum Gasteiger partial charge on any atom is -0.335 e. The van der Waals surface area contributed by atoms with E-state index in [1.165, 1.54) is 6.07 Å². The summed E-state index contributed by atoms with van der Waals surface area (Å²) in [6, 6.07) is 3.70. The summed E-state index contributed by atoms with van der Waals surface area (Å²) in [6.07, 6.45) is 0. The Labute approximate surface area is 84.4 Å². The zero-order valence-corrected chi connectivity index (χ0v) is 8.07. The van der Waals surface area contributed by atoms with Crippen LogP contribution in [-0.2, 0) is 0 Å². The number of anilines is 1. The van der Waals surface area contributed by atoms with Gasteiger partial charge in [0.15, 0.2) is 16.8 Å². The first-order chi connectivity index (χ1) is 6.75. The first-order valence-electron chi connectivity index (χ1n) is 4.15. The molecule has 74 valence electrons. The van der Waals surface area contributed by atoms with Gasteiger partial charge in [0.1, 0.15) is 0 Å². The lowest BCUT2D eigenvalue weighted by Crippen LogP contribution is -2.05. The van der Waals surface area contributed by atoms with Crippen LogP contribution in [0.5, 0.6) is 0 Å². The zero-order chi connectivity index (χ0) is 9.97. The first-order valence-corrected chi connectivity index (χ1v) is 5.13. The molecule has 0 bridgehead atoms. The third-order valence-corrected chi connectivity index (χ3v) is 2.65. The average Bonchev–Trinajstić information content (AvgIpc) is 2.64. The van der Waals surface area contributed by atoms with E-state index in [0.717, 1.165) is 29.6 Å². The Morgan fingerprint density at radius 3 is 2.79 bits per heavy atom. The number of hydrogen-bond acceptors (Lipinski definition) is 3. The van der Waals surface area contributed by atoms with Crippen molar-refractivity contribution in [3.8, 4) is 0 Å². The molecule has 0 amide bonds. The third kappa shape index (κ3) is 2.04. The van der Waals surface area contributed by atoms with Gasteiger partial charge in [-0.25, -0.2) is 8.78 Å². The fraction of sp³-hybridized carbons (Fsp3) is 0.222. The summed E-state index contributed by atoms with van der Waals surface area (Å²) < 4.78 is 25.4. The van der Waals surface area contributed by atoms with Crippen LogP contribution in [-0.4, -0.2) is 17.5 Å². The van der Waals surface area contributed by atoms with Crippen molar-refractivity contribution in [1.82, 2.24) is 0 Å². The van der Waals surface area contributed by atoms with Crippen LogP contribution in [0.1, 0.15) is 0 Å². The standard InChI is InChI=1S/C9H8F2N2S/c10-7-2-1-6(5-8(7)11)13-9-12-3-4-14-9/h1-2,5H,3-4H2,(H,12,13). The zero-order valence-electron chi connectivity index (χ0n) is 7.26. The highest BCUT2D eigenvalue weighted by Gasteiger charge is 2.08. The summed E-state index contributed by atoms with van der Waals surface area (Å²) in [4.78, 5) is 4.14. The predicted molar refractivity (Wildman–Crippen MR) is 54.7 cm³/mol. The van der Waals surface area contributed by atoms with E-state index in [0.29, 0.717) is 5.69 Å². The van der Waals surface area contributed by atoms with Crippen LogP contribution in [0.4, 0.5) is 14.5 Å². The molecule has 1 aromatic carbocycles. The number of hydrogen-bond donors (Lipinski definition) is 1. The topological polar surface area (TPSA) is 24.4 Å². The molecule has 2 nitrogen and oxygen atoms in total. The van der Waals surface area contributed by atoms with Crippen LogP contribution in [0, 0.1) is 11.6 Å². The van der Waals surface area contributed by atoms with Crippen LogP contribution in [0.3, 0.4) is 0 Å². The number of nitrogens with zero attached hydrogens (tertiary/aromatic N) is 1. The van der Waals surface area contributed by atoms with Gasteiger partial charge in [0, 0.05) is 17.5 Å². The fourth-order valence-electron chi connectivity index (χ4n) is 1.11. The van der Waals surface area contributed by atoms with Gasteiger partial charge >= 0.3 is 0 Å². The minimum absolute atomic E-state index is 0.525. The molecular weight excluding hydrogens is 206 g/mol. The Morgan fingerprint density at radius 1 is 1.29 bits per heavy atom. The lowest BCUT2D eigenvalue weighted by molar-refractivity contribution is 0.509. The van der Waals surface area contributed by atoms with Crippen LogP contribution in [0.25, 0.3) is 0 Å². The normalized spacial score (nSPS) is 15.4. The molecule has 2 rings (SSSR count). The summed E-state index contributed by atoms with van der Waals surface area (Å²) in [5.41, 5.74) is 0.525. The Bertz CT molecular complexity index is 379. The number of halogens is 2. The highest BCUT2D eigenvalue weighted by Crippen LogP contribution is 2.17. The van der Waals surface area contributed by atoms with Crippen LogP contribution in [0.2, 0.25) is 0 Å². The molecule has 0 saturated carbocycles. The second-order valence-electron chi connectivity index (χ2n) is 2.79. The molecule has 0 saturated heterocycles. The minimum atomic E-state index is -0.849. The molecule has 0 aromatic heterocycles. The fourth-order valence-corrected chi connectivity index (χ4v) is 1.86. The van der Waals surface area contributed by atoms with Crippen molar-refractivity contribution in [3.63, 3.8) is 0 Å². The van der Waals surface area contributed by atoms with E-state index in [1.54, 1.807) is 11.8 Å². The highest BCUT2D eigenvalue weighted by atomic mass is 32.2. The number of thioether (sulfide) groups is 1. The molecule has 0 radical (unpaired) electrons. The second kappa shape index (κ2) is 3.96. The quantitative estimate of drug-likeness (QED) is 0.776. The maximum Gasteiger partial charge on any atom is 0.161 e. The molecule has 0 unspecified atom stereocenters. The van der Waals surface area contributed by atoms with Crippen molar-refractivity contribution in [2.45, 2.75) is 0 Å². The lowest BCUT2D eigenvalue weighted by atomic mass is 10.3. The van der Waals surface area contributed by atoms with Crippen LogP contribution in [0.15, 0.2) is 23.2 Å². The number of rotatable bonds is 1. The summed E-state index contributed by atoms with van der Waals surface area (Å²) in [6.45, 7) is 0.774. The molecule has 1 aromatic rings. The van der Waals surface area contributed by atoms with Crippen molar-refractivity contribution >= 4 is 22.6 Å². The van der Waals surface area contributed by atoms with Gasteiger partial charge in [0.25, 0.3) is 0 Å². The molecule has 5 heteroatoms. The lowest BCUT2D eigenvalue weighted by Gasteiger charge is -2.04. The molecule has 0 fully saturated rings. The summed E-state index contributed by atoms with van der Waals surface area (Å²) in [7, 11) is 0. The monoisotopic (exact) mass is 214 g/mol. The van der Waals surface area contributed by atoms with Crippen molar-refractivity contribution in [1.29, 1.82) is 0 Å². The van der Waals surface area contributed by atoms with E-state index < -0.39 is 11.6 Å². The number of benzene rings is 1. The molecule has 1 N–H and O–H groups in total. The van der Waals surface area contributed by atoms with Gasteiger partial charge in [-0.05, 0) is 12.1 Å². The van der Waals surface area contributed by atoms with E-state index in [4.69, 9.17) is 0 Å². The molecule has 14 heavy (non-hydrogen) atoms. The van der Waals surface area contributed by atoms with Crippen molar-refractivity contribution in [2.24, 2.45) is 4.99 Å². The maximum absolute atomic E-state index is 12.8. The second-order valence-corrected chi connectivity index (χ2v) is 3.87. The van der Waals surface area contributed by atoms with Crippen LogP contribution < -0.4 is 5.32 Å². The largest absolute Gasteiger partial charge is 0.335 e. The molecule has 1 aliphatic heterocycles. The average molecular weight is 214 g/mol. The van der Waals surface area contributed by atoms with Crippen molar-refractivity contribution in [2.75, 3.05) is 17.6 Å². The SMILES string of the molecule is Fc1ccc(NC2=NCCS2)cc1F. The third-order valence-electron chi connectivity index (χ3n) is 1.76. The molecule has 0 atom stereocenters. The highest BCUT2D eigenvalue weighted by molar-refractivity contribution is 8.14. The van der Waals surface area contributed by atoms with E-state index in [-0.39, 0.29) is 0 Å². The maximum atomic E-state index is 12.8. The van der Waals surface area contributed by atoms with E-state index >= 15 is 0 Å². The predicted octanol–water partition coefficient (Wildman–Crippen LogP) is 2.48. The van der Waals surface area contributed by atoms with E-state index in [9.17, 15) is 8.78 Å². The van der Waals surface area contributed by atoms with Gasteiger partial charge < -0.3 is 5.32 Å². The summed E-state index contributed by atoms with van der Waals surface area (Å²) in [5, 5.41) is 3.68. The number of aliphatic imine (C=N–C) groups is 1. The molecule has 0 aliphatic carbocycles. The number of amidine groups is 1. The Morgan fingerprint density at radius 2 is 2.14 bits per heavy atom. The van der Waals surface area contributed by atoms with Gasteiger partial charge in [-0.15, -0.1) is 0 Å². The molecule has 1 aliphatic rings. The van der Waals surface area contributed by atoms with Crippen LogP contribution >= 0.6 is 11.8 Å². The summed E-state index contributed by atoms with van der Waals surface area (Å²) in [5.74, 6) is -0.749. The van der Waals surface area contributed by atoms with E-state index in [2.05, 4.69) is 10.3 Å². The first kappa shape index (κ1) is 9.45. The van der Waals surface area contributed by atoms with Crippen molar-refractivity contribution in [3.05, 3.63) is 29.8 Å². The molecular formula is C9H8F2N2S. The molecule has 0 spiro atoms. The van der Waals surface area contributed by atoms with Gasteiger partial charge in [-0.2, -0.15) is 0 Å². The van der Waals surface area contributed by atoms with E-state index in [1.807, 2.05) is 0 Å². The Hall–Kier alpha value is -1.10. The smallest absolute Gasteiger partial charge is 0.161 e. The number of nitrogens with one attached hydrogen (secondary N) is 1. The van der Waals surface area contributed by atoms with Gasteiger partial charge in [0.2, 0.25) is 0 Å². The molecule has 1 heterocycles. The Kier molecular flexibility index (Phi) is 2.67. The Balaban J connectivity index is 2.13. The van der Waals surface area contributed by atoms with Gasteiger partial charge in [0.05, 0.1) is 6.54 Å². The van der Waals surface area contributed by atoms with Gasteiger partial charge in [-0.3, -0.25) is 4.99 Å². The summed E-state index contributed by atoms with van der Waals surface area (Å²) >= 11 is 1.57.